The van der Waals surface area contributed by atoms with Crippen LogP contribution in [0.1, 0.15) is 0 Å². The summed E-state index contributed by atoms with van der Waals surface area (Å²) in [6.07, 6.45) is 2.82. The number of nitrogens with zero attached hydrogens (tertiary/aromatic N) is 1. The van der Waals surface area contributed by atoms with Crippen molar-refractivity contribution in [2.24, 2.45) is 0 Å². The second kappa shape index (κ2) is 3.53. The zero-order chi connectivity index (χ0) is 10.8. The van der Waals surface area contributed by atoms with Crippen LogP contribution in [0.15, 0.2) is 36.7 Å². The molecule has 0 atom stereocenters. The summed E-state index contributed by atoms with van der Waals surface area (Å²) in [5.74, 6) is -0.364. The monoisotopic (exact) mass is 206 g/mol. The molecule has 1 aromatic carbocycles. The molecule has 0 unspecified atom stereocenters. The molecule has 0 aliphatic heterocycles. The molecule has 0 aliphatic rings. The van der Waals surface area contributed by atoms with E-state index in [2.05, 4.69) is 4.98 Å². The Morgan fingerprint density at radius 3 is 2.47 bits per heavy atom. The second-order valence-electron chi connectivity index (χ2n) is 3.02. The molecular formula is C10H7FN2O2. The molecule has 0 amide bonds. The van der Waals surface area contributed by atoms with Gasteiger partial charge in [0.05, 0.1) is 16.7 Å². The van der Waals surface area contributed by atoms with Crippen molar-refractivity contribution in [2.45, 2.75) is 0 Å². The zero-order valence-electron chi connectivity index (χ0n) is 7.61. The van der Waals surface area contributed by atoms with Crippen LogP contribution in [-0.2, 0) is 0 Å². The van der Waals surface area contributed by atoms with Crippen LogP contribution >= 0.6 is 0 Å². The van der Waals surface area contributed by atoms with Crippen molar-refractivity contribution in [1.82, 2.24) is 4.98 Å². The van der Waals surface area contributed by atoms with E-state index in [0.717, 1.165) is 0 Å². The Balaban J connectivity index is 2.49. The van der Waals surface area contributed by atoms with E-state index in [1.807, 2.05) is 0 Å². The number of nitrogens with one attached hydrogen (secondary N) is 1. The fourth-order valence-corrected chi connectivity index (χ4v) is 1.37. The van der Waals surface area contributed by atoms with Gasteiger partial charge in [-0.25, -0.2) is 4.39 Å². The van der Waals surface area contributed by atoms with E-state index in [0.29, 0.717) is 11.1 Å². The maximum absolute atomic E-state index is 12.6. The number of H-pyrrole nitrogens is 1. The fraction of sp³-hybridized carbons (Fsp3) is 0. The largest absolute Gasteiger partial charge is 0.361 e. The van der Waals surface area contributed by atoms with Gasteiger partial charge in [0, 0.05) is 6.20 Å². The standard InChI is InChI=1S/C10H7FN2O2/c11-8-3-1-7(2-4-8)9-5-12-6-10(9)13(14)15/h1-6,12H. The minimum Gasteiger partial charge on any atom is -0.361 e. The van der Waals surface area contributed by atoms with Gasteiger partial charge in [-0.3, -0.25) is 10.1 Å². The van der Waals surface area contributed by atoms with E-state index in [1.54, 1.807) is 0 Å². The van der Waals surface area contributed by atoms with E-state index in [9.17, 15) is 14.5 Å². The molecular weight excluding hydrogens is 199 g/mol. The number of hydrogen-bond donors (Lipinski definition) is 1. The normalized spacial score (nSPS) is 10.2. The lowest BCUT2D eigenvalue weighted by molar-refractivity contribution is -0.384. The summed E-state index contributed by atoms with van der Waals surface area (Å²) in [6.45, 7) is 0. The number of aromatic amines is 1. The predicted molar refractivity (Wildman–Crippen MR) is 52.8 cm³/mol. The maximum atomic E-state index is 12.6. The molecule has 0 saturated heterocycles. The van der Waals surface area contributed by atoms with Crippen LogP contribution in [0, 0.1) is 15.9 Å². The van der Waals surface area contributed by atoms with Crippen LogP contribution in [-0.4, -0.2) is 9.91 Å². The Morgan fingerprint density at radius 1 is 1.20 bits per heavy atom. The highest BCUT2D eigenvalue weighted by Crippen LogP contribution is 2.29. The highest BCUT2D eigenvalue weighted by atomic mass is 19.1. The molecule has 0 radical (unpaired) electrons. The molecule has 0 bridgehead atoms. The average Bonchev–Trinajstić information content (AvgIpc) is 2.67. The van der Waals surface area contributed by atoms with Crippen molar-refractivity contribution in [1.29, 1.82) is 0 Å². The number of benzene rings is 1. The van der Waals surface area contributed by atoms with Gasteiger partial charge in [0.15, 0.2) is 0 Å². The molecule has 0 fully saturated rings. The number of hydrogen-bond acceptors (Lipinski definition) is 2. The Labute approximate surface area is 84.5 Å². The van der Waals surface area contributed by atoms with Gasteiger partial charge < -0.3 is 4.98 Å². The zero-order valence-corrected chi connectivity index (χ0v) is 7.61. The third-order valence-corrected chi connectivity index (χ3v) is 2.08. The summed E-state index contributed by atoms with van der Waals surface area (Å²) in [6, 6.07) is 5.55. The minimum atomic E-state index is -0.477. The Bertz CT molecular complexity index is 490. The molecule has 4 nitrogen and oxygen atoms in total. The summed E-state index contributed by atoms with van der Waals surface area (Å²) in [7, 11) is 0. The molecule has 1 N–H and O–H groups in total. The first-order valence-corrected chi connectivity index (χ1v) is 4.25. The van der Waals surface area contributed by atoms with E-state index in [1.165, 1.54) is 36.7 Å². The molecule has 0 spiro atoms. The third-order valence-electron chi connectivity index (χ3n) is 2.08. The van der Waals surface area contributed by atoms with Crippen LogP contribution < -0.4 is 0 Å². The smallest absolute Gasteiger partial charge is 0.294 e. The average molecular weight is 206 g/mol. The van der Waals surface area contributed by atoms with Crippen LogP contribution in [0.4, 0.5) is 10.1 Å². The summed E-state index contributed by atoms with van der Waals surface area (Å²) in [5.41, 5.74) is 1.06. The Morgan fingerprint density at radius 2 is 1.87 bits per heavy atom. The maximum Gasteiger partial charge on any atom is 0.294 e. The molecule has 0 saturated carbocycles. The molecule has 76 valence electrons. The van der Waals surface area contributed by atoms with Crippen molar-refractivity contribution in [3.63, 3.8) is 0 Å². The van der Waals surface area contributed by atoms with Gasteiger partial charge in [0.1, 0.15) is 5.82 Å². The fourth-order valence-electron chi connectivity index (χ4n) is 1.37. The minimum absolute atomic E-state index is 0.0124. The SMILES string of the molecule is O=[N+]([O-])c1c[nH]cc1-c1ccc(F)cc1. The van der Waals surface area contributed by atoms with Crippen LogP contribution in [0.5, 0.6) is 0 Å². The molecule has 0 aliphatic carbocycles. The summed E-state index contributed by atoms with van der Waals surface area (Å²) in [4.78, 5) is 12.8. The lowest BCUT2D eigenvalue weighted by atomic mass is 10.1. The van der Waals surface area contributed by atoms with Crippen molar-refractivity contribution in [3.05, 3.63) is 52.6 Å². The van der Waals surface area contributed by atoms with E-state index >= 15 is 0 Å². The van der Waals surface area contributed by atoms with Crippen molar-refractivity contribution >= 4 is 5.69 Å². The Kier molecular flexibility index (Phi) is 2.21. The summed E-state index contributed by atoms with van der Waals surface area (Å²) >= 11 is 0. The highest BCUT2D eigenvalue weighted by Gasteiger charge is 2.15. The first-order valence-electron chi connectivity index (χ1n) is 4.25. The molecule has 15 heavy (non-hydrogen) atoms. The van der Waals surface area contributed by atoms with Gasteiger partial charge >= 0.3 is 0 Å². The van der Waals surface area contributed by atoms with Crippen LogP contribution in [0.2, 0.25) is 0 Å². The number of nitro groups is 1. The van der Waals surface area contributed by atoms with Gasteiger partial charge in [0.25, 0.3) is 5.69 Å². The molecule has 5 heteroatoms. The topological polar surface area (TPSA) is 58.9 Å². The van der Waals surface area contributed by atoms with Gasteiger partial charge in [-0.05, 0) is 17.7 Å². The number of rotatable bonds is 2. The van der Waals surface area contributed by atoms with Gasteiger partial charge in [-0.1, -0.05) is 12.1 Å². The van der Waals surface area contributed by atoms with Gasteiger partial charge in [0.2, 0.25) is 0 Å². The quantitative estimate of drug-likeness (QED) is 0.606. The summed E-state index contributed by atoms with van der Waals surface area (Å²) in [5, 5.41) is 10.6. The van der Waals surface area contributed by atoms with E-state index in [4.69, 9.17) is 0 Å². The van der Waals surface area contributed by atoms with Crippen LogP contribution in [0.3, 0.4) is 0 Å². The Hall–Kier alpha value is -2.17. The van der Waals surface area contributed by atoms with Gasteiger partial charge in [-0.15, -0.1) is 0 Å². The third kappa shape index (κ3) is 1.71. The predicted octanol–water partition coefficient (Wildman–Crippen LogP) is 2.73. The van der Waals surface area contributed by atoms with Gasteiger partial charge in [-0.2, -0.15) is 0 Å². The second-order valence-corrected chi connectivity index (χ2v) is 3.02. The lowest BCUT2D eigenvalue weighted by Crippen LogP contribution is -1.87. The van der Waals surface area contributed by atoms with Crippen molar-refractivity contribution in [3.8, 4) is 11.1 Å². The molecule has 2 rings (SSSR count). The molecule has 2 aromatic rings. The van der Waals surface area contributed by atoms with E-state index in [-0.39, 0.29) is 11.5 Å². The number of aromatic nitrogens is 1. The van der Waals surface area contributed by atoms with Crippen LogP contribution in [0.25, 0.3) is 11.1 Å². The highest BCUT2D eigenvalue weighted by molar-refractivity contribution is 5.72. The molecule has 1 heterocycles. The first-order chi connectivity index (χ1) is 7.18. The van der Waals surface area contributed by atoms with Crippen molar-refractivity contribution in [2.75, 3.05) is 0 Å². The molecule has 1 aromatic heterocycles. The lowest BCUT2D eigenvalue weighted by Gasteiger charge is -1.97. The number of halogens is 1. The van der Waals surface area contributed by atoms with Crippen molar-refractivity contribution < 1.29 is 9.31 Å². The first kappa shape index (κ1) is 9.39. The summed E-state index contributed by atoms with van der Waals surface area (Å²) < 4.78 is 12.6. The van der Waals surface area contributed by atoms with E-state index < -0.39 is 4.92 Å².